The molecule has 0 radical (unpaired) electrons. The molecule has 1 aliphatic carbocycles. The molecule has 2 atom stereocenters. The summed E-state index contributed by atoms with van der Waals surface area (Å²) in [6.45, 7) is 7.27. The molecule has 1 heterocycles. The Balaban J connectivity index is 2.08. The third kappa shape index (κ3) is 2.56. The molecule has 3 heteroatoms. The summed E-state index contributed by atoms with van der Waals surface area (Å²) in [5, 5.41) is 3.46. The third-order valence-corrected chi connectivity index (χ3v) is 5.07. The van der Waals surface area contributed by atoms with Crippen LogP contribution in [0.25, 0.3) is 0 Å². The minimum Gasteiger partial charge on any atom is -0.323 e. The smallest absolute Gasteiger partial charge is 0.238 e. The molecule has 2 fully saturated rings. The minimum absolute atomic E-state index is 0.311. The lowest BCUT2D eigenvalue weighted by molar-refractivity contribution is -0.132. The van der Waals surface area contributed by atoms with Gasteiger partial charge in [0.2, 0.25) is 5.91 Å². The van der Waals surface area contributed by atoms with Gasteiger partial charge in [-0.15, -0.1) is 0 Å². The number of hydrogen-bond acceptors (Lipinski definition) is 2. The molecule has 0 aromatic carbocycles. The first-order valence-electron chi connectivity index (χ1n) is 7.73. The van der Waals surface area contributed by atoms with E-state index in [4.69, 9.17) is 0 Å². The highest BCUT2D eigenvalue weighted by Gasteiger charge is 2.40. The van der Waals surface area contributed by atoms with Gasteiger partial charge in [-0.3, -0.25) is 10.1 Å². The third-order valence-electron chi connectivity index (χ3n) is 5.07. The molecule has 1 aliphatic heterocycles. The van der Waals surface area contributed by atoms with Crippen LogP contribution in [-0.2, 0) is 4.79 Å². The fourth-order valence-corrected chi connectivity index (χ4v) is 3.88. The van der Waals surface area contributed by atoms with E-state index in [2.05, 4.69) is 31.0 Å². The predicted molar refractivity (Wildman–Crippen MR) is 74.1 cm³/mol. The molecular formula is C15H28N2O. The zero-order chi connectivity index (χ0) is 13.1. The van der Waals surface area contributed by atoms with Crippen LogP contribution in [0.2, 0.25) is 0 Å². The number of amides is 1. The lowest BCUT2D eigenvalue weighted by Gasteiger charge is -2.37. The van der Waals surface area contributed by atoms with E-state index in [1.807, 2.05) is 0 Å². The second-order valence-corrected chi connectivity index (χ2v) is 5.99. The van der Waals surface area contributed by atoms with Crippen molar-refractivity contribution in [1.29, 1.82) is 0 Å². The second-order valence-electron chi connectivity index (χ2n) is 5.99. The highest BCUT2D eigenvalue weighted by Crippen LogP contribution is 2.33. The molecule has 2 rings (SSSR count). The van der Waals surface area contributed by atoms with Gasteiger partial charge in [0.25, 0.3) is 0 Å². The van der Waals surface area contributed by atoms with E-state index in [1.54, 1.807) is 0 Å². The Morgan fingerprint density at radius 2 is 1.89 bits per heavy atom. The maximum Gasteiger partial charge on any atom is 0.238 e. The van der Waals surface area contributed by atoms with Crippen molar-refractivity contribution in [3.05, 3.63) is 0 Å². The summed E-state index contributed by atoms with van der Waals surface area (Å²) in [4.78, 5) is 14.4. The molecule has 0 aromatic heterocycles. The van der Waals surface area contributed by atoms with Gasteiger partial charge in [0.1, 0.15) is 0 Å². The summed E-state index contributed by atoms with van der Waals surface area (Å²) >= 11 is 0. The van der Waals surface area contributed by atoms with Gasteiger partial charge in [-0.1, -0.05) is 39.5 Å². The number of nitrogens with one attached hydrogen (secondary N) is 1. The monoisotopic (exact) mass is 252 g/mol. The van der Waals surface area contributed by atoms with Gasteiger partial charge in [0, 0.05) is 6.04 Å². The molecular weight excluding hydrogens is 224 g/mol. The van der Waals surface area contributed by atoms with Gasteiger partial charge in [0.15, 0.2) is 0 Å². The molecule has 2 unspecified atom stereocenters. The fourth-order valence-electron chi connectivity index (χ4n) is 3.88. The second kappa shape index (κ2) is 6.05. The largest absolute Gasteiger partial charge is 0.323 e. The maximum absolute atomic E-state index is 12.2. The van der Waals surface area contributed by atoms with Gasteiger partial charge < -0.3 is 4.90 Å². The van der Waals surface area contributed by atoms with Gasteiger partial charge in [-0.25, -0.2) is 0 Å². The Bertz CT molecular complexity index is 282. The van der Waals surface area contributed by atoms with Crippen LogP contribution in [0.15, 0.2) is 0 Å². The highest BCUT2D eigenvalue weighted by molar-refractivity contribution is 5.81. The Morgan fingerprint density at radius 1 is 1.28 bits per heavy atom. The topological polar surface area (TPSA) is 32.3 Å². The summed E-state index contributed by atoms with van der Waals surface area (Å²) in [5.74, 6) is 1.64. The Hall–Kier alpha value is -0.570. The van der Waals surface area contributed by atoms with Crippen LogP contribution < -0.4 is 5.32 Å². The number of nitrogens with zero attached hydrogens (tertiary/aromatic N) is 1. The molecule has 18 heavy (non-hydrogen) atoms. The van der Waals surface area contributed by atoms with Crippen molar-refractivity contribution >= 4 is 5.91 Å². The van der Waals surface area contributed by atoms with E-state index in [9.17, 15) is 4.79 Å². The average molecular weight is 252 g/mol. The number of carbonyl (C=O) groups is 1. The molecule has 2 aliphatic rings. The van der Waals surface area contributed by atoms with Gasteiger partial charge in [-0.2, -0.15) is 0 Å². The first-order chi connectivity index (χ1) is 8.69. The zero-order valence-corrected chi connectivity index (χ0v) is 12.1. The van der Waals surface area contributed by atoms with Crippen LogP contribution in [-0.4, -0.2) is 29.6 Å². The molecule has 3 nitrogen and oxygen atoms in total. The quantitative estimate of drug-likeness (QED) is 0.816. The lowest BCUT2D eigenvalue weighted by atomic mass is 9.92. The molecule has 1 saturated heterocycles. The number of carbonyl (C=O) groups excluding carboxylic acids is 1. The molecule has 104 valence electrons. The lowest BCUT2D eigenvalue weighted by Crippen LogP contribution is -2.49. The van der Waals surface area contributed by atoms with Crippen molar-refractivity contribution in [3.63, 3.8) is 0 Å². The minimum atomic E-state index is 0.311. The standard InChI is InChI=1S/C15H28N2O/c1-4-12(5-2)11(3)17-14(18)10-16-15(17)13-8-6-7-9-13/h11-13,15-16H,4-10H2,1-3H3. The van der Waals surface area contributed by atoms with Crippen molar-refractivity contribution in [2.24, 2.45) is 11.8 Å². The van der Waals surface area contributed by atoms with Crippen molar-refractivity contribution < 1.29 is 4.79 Å². The van der Waals surface area contributed by atoms with Crippen LogP contribution >= 0.6 is 0 Å². The van der Waals surface area contributed by atoms with Gasteiger partial charge in [-0.05, 0) is 31.6 Å². The van der Waals surface area contributed by atoms with Crippen LogP contribution in [0.5, 0.6) is 0 Å². The number of hydrogen-bond donors (Lipinski definition) is 1. The summed E-state index contributed by atoms with van der Waals surface area (Å²) in [5.41, 5.74) is 0. The average Bonchev–Trinajstić information content (AvgIpc) is 2.98. The first kappa shape index (κ1) is 13.9. The van der Waals surface area contributed by atoms with E-state index < -0.39 is 0 Å². The van der Waals surface area contributed by atoms with E-state index in [0.717, 1.165) is 0 Å². The number of rotatable bonds is 5. The molecule has 1 N–H and O–H groups in total. The highest BCUT2D eigenvalue weighted by atomic mass is 16.2. The SMILES string of the molecule is CCC(CC)C(C)N1C(=O)CNC1C1CCCC1. The van der Waals surface area contributed by atoms with Gasteiger partial charge in [0.05, 0.1) is 12.7 Å². The van der Waals surface area contributed by atoms with E-state index in [-0.39, 0.29) is 0 Å². The maximum atomic E-state index is 12.2. The normalized spacial score (nSPS) is 27.4. The first-order valence-corrected chi connectivity index (χ1v) is 7.73. The van der Waals surface area contributed by atoms with Crippen molar-refractivity contribution in [1.82, 2.24) is 10.2 Å². The summed E-state index contributed by atoms with van der Waals surface area (Å²) in [6, 6.07) is 0.382. The Kier molecular flexibility index (Phi) is 4.66. The Labute approximate surface area is 111 Å². The van der Waals surface area contributed by atoms with E-state index >= 15 is 0 Å². The molecule has 0 aromatic rings. The van der Waals surface area contributed by atoms with Crippen LogP contribution in [0.1, 0.15) is 59.3 Å². The van der Waals surface area contributed by atoms with Crippen molar-refractivity contribution in [2.75, 3.05) is 6.54 Å². The summed E-state index contributed by atoms with van der Waals surface area (Å²) < 4.78 is 0. The fraction of sp³-hybridized carbons (Fsp3) is 0.933. The van der Waals surface area contributed by atoms with Crippen LogP contribution in [0, 0.1) is 11.8 Å². The molecule has 1 amide bonds. The predicted octanol–water partition coefficient (Wildman–Crippen LogP) is 2.76. The van der Waals surface area contributed by atoms with E-state index in [0.29, 0.717) is 36.5 Å². The Morgan fingerprint density at radius 3 is 2.44 bits per heavy atom. The van der Waals surface area contributed by atoms with Crippen molar-refractivity contribution in [3.8, 4) is 0 Å². The van der Waals surface area contributed by atoms with Crippen molar-refractivity contribution in [2.45, 2.75) is 71.5 Å². The van der Waals surface area contributed by atoms with E-state index in [1.165, 1.54) is 38.5 Å². The molecule has 0 spiro atoms. The molecule has 0 bridgehead atoms. The zero-order valence-electron chi connectivity index (χ0n) is 12.1. The van der Waals surface area contributed by atoms with Crippen LogP contribution in [0.3, 0.4) is 0 Å². The van der Waals surface area contributed by atoms with Gasteiger partial charge >= 0.3 is 0 Å². The van der Waals surface area contributed by atoms with Crippen LogP contribution in [0.4, 0.5) is 0 Å². The summed E-state index contributed by atoms with van der Waals surface area (Å²) in [6.07, 6.45) is 7.90. The summed E-state index contributed by atoms with van der Waals surface area (Å²) in [7, 11) is 0. The molecule has 1 saturated carbocycles.